The highest BCUT2D eigenvalue weighted by Gasteiger charge is 2.07. The molecule has 0 radical (unpaired) electrons. The summed E-state index contributed by atoms with van der Waals surface area (Å²) in [4.78, 5) is 10.5. The molecule has 1 aromatic rings. The number of carbonyl (C=O) groups is 1. The van der Waals surface area contributed by atoms with Gasteiger partial charge in [0, 0.05) is 9.50 Å². The number of hydrogen-bond donors (Lipinski definition) is 1. The van der Waals surface area contributed by atoms with Crippen LogP contribution in [0.5, 0.6) is 0 Å². The second-order valence-electron chi connectivity index (χ2n) is 2.76. The average Bonchev–Trinajstić information content (AvgIpc) is 1.99. The first-order valence-electron chi connectivity index (χ1n) is 3.67. The lowest BCUT2D eigenvalue weighted by Crippen LogP contribution is -2.01. The third-order valence-corrected chi connectivity index (χ3v) is 2.81. The SMILES string of the molecule is Cc1cc(Br)c(CC(=O)O)cc1Cl. The summed E-state index contributed by atoms with van der Waals surface area (Å²) in [5.74, 6) is -0.861. The quantitative estimate of drug-likeness (QED) is 0.890. The molecule has 0 aliphatic heterocycles. The van der Waals surface area contributed by atoms with Crippen LogP contribution in [0.15, 0.2) is 16.6 Å². The van der Waals surface area contributed by atoms with E-state index in [9.17, 15) is 4.79 Å². The van der Waals surface area contributed by atoms with Gasteiger partial charge in [-0.05, 0) is 30.2 Å². The fraction of sp³-hybridized carbons (Fsp3) is 0.222. The maximum Gasteiger partial charge on any atom is 0.307 e. The number of aryl methyl sites for hydroxylation is 1. The normalized spacial score (nSPS) is 10.1. The zero-order valence-corrected chi connectivity index (χ0v) is 9.32. The van der Waals surface area contributed by atoms with Crippen LogP contribution in [0.2, 0.25) is 5.02 Å². The number of benzene rings is 1. The summed E-state index contributed by atoms with van der Waals surface area (Å²) < 4.78 is 0.789. The van der Waals surface area contributed by atoms with Crippen molar-refractivity contribution in [3.05, 3.63) is 32.8 Å². The Morgan fingerprint density at radius 1 is 1.62 bits per heavy atom. The van der Waals surface area contributed by atoms with E-state index in [1.807, 2.05) is 13.0 Å². The molecule has 0 unspecified atom stereocenters. The molecule has 0 amide bonds. The van der Waals surface area contributed by atoms with Gasteiger partial charge in [-0.1, -0.05) is 27.5 Å². The third-order valence-electron chi connectivity index (χ3n) is 1.67. The van der Waals surface area contributed by atoms with Crippen molar-refractivity contribution >= 4 is 33.5 Å². The summed E-state index contributed by atoms with van der Waals surface area (Å²) in [5.41, 5.74) is 1.63. The summed E-state index contributed by atoms with van der Waals surface area (Å²) in [6.45, 7) is 1.87. The number of rotatable bonds is 2. The van der Waals surface area contributed by atoms with Crippen LogP contribution in [0, 0.1) is 6.92 Å². The number of hydrogen-bond acceptors (Lipinski definition) is 1. The Kier molecular flexibility index (Phi) is 3.33. The molecule has 1 rings (SSSR count). The number of aliphatic carboxylic acids is 1. The molecule has 13 heavy (non-hydrogen) atoms. The van der Waals surface area contributed by atoms with Crippen molar-refractivity contribution in [3.8, 4) is 0 Å². The monoisotopic (exact) mass is 262 g/mol. The summed E-state index contributed by atoms with van der Waals surface area (Å²) in [7, 11) is 0. The molecule has 0 bridgehead atoms. The van der Waals surface area contributed by atoms with E-state index in [1.54, 1.807) is 6.07 Å². The van der Waals surface area contributed by atoms with E-state index in [0.717, 1.165) is 10.0 Å². The van der Waals surface area contributed by atoms with Crippen molar-refractivity contribution in [3.63, 3.8) is 0 Å². The van der Waals surface area contributed by atoms with Crippen LogP contribution in [-0.4, -0.2) is 11.1 Å². The molecule has 0 atom stereocenters. The van der Waals surface area contributed by atoms with E-state index < -0.39 is 5.97 Å². The minimum atomic E-state index is -0.861. The topological polar surface area (TPSA) is 37.3 Å². The van der Waals surface area contributed by atoms with Gasteiger partial charge in [0.25, 0.3) is 0 Å². The van der Waals surface area contributed by atoms with Crippen molar-refractivity contribution < 1.29 is 9.90 Å². The van der Waals surface area contributed by atoms with Crippen LogP contribution in [0.25, 0.3) is 0 Å². The molecule has 0 aliphatic carbocycles. The third kappa shape index (κ3) is 2.71. The standard InChI is InChI=1S/C9H8BrClO2/c1-5-2-7(10)6(3-8(5)11)4-9(12)13/h2-3H,4H2,1H3,(H,12,13). The predicted octanol–water partition coefficient (Wildman–Crippen LogP) is 3.04. The average molecular weight is 264 g/mol. The Balaban J connectivity index is 3.08. The van der Waals surface area contributed by atoms with E-state index >= 15 is 0 Å². The fourth-order valence-corrected chi connectivity index (χ4v) is 1.77. The second-order valence-corrected chi connectivity index (χ2v) is 4.02. The van der Waals surface area contributed by atoms with Crippen LogP contribution in [0.3, 0.4) is 0 Å². The molecule has 1 N–H and O–H groups in total. The van der Waals surface area contributed by atoms with Gasteiger partial charge < -0.3 is 5.11 Å². The van der Waals surface area contributed by atoms with Crippen molar-refractivity contribution in [1.29, 1.82) is 0 Å². The van der Waals surface area contributed by atoms with Gasteiger partial charge >= 0.3 is 5.97 Å². The van der Waals surface area contributed by atoms with Gasteiger partial charge in [-0.2, -0.15) is 0 Å². The molecule has 0 aliphatic rings. The smallest absolute Gasteiger partial charge is 0.307 e. The summed E-state index contributed by atoms with van der Waals surface area (Å²) in [6.07, 6.45) is -0.0133. The molecule has 0 fully saturated rings. The highest BCUT2D eigenvalue weighted by molar-refractivity contribution is 9.10. The van der Waals surface area contributed by atoms with Gasteiger partial charge in [0.05, 0.1) is 6.42 Å². The lowest BCUT2D eigenvalue weighted by atomic mass is 10.1. The van der Waals surface area contributed by atoms with Gasteiger partial charge in [-0.15, -0.1) is 0 Å². The summed E-state index contributed by atoms with van der Waals surface area (Å²) >= 11 is 9.14. The van der Waals surface area contributed by atoms with Crippen molar-refractivity contribution in [2.75, 3.05) is 0 Å². The van der Waals surface area contributed by atoms with Crippen molar-refractivity contribution in [2.24, 2.45) is 0 Å². The van der Waals surface area contributed by atoms with E-state index in [0.29, 0.717) is 10.6 Å². The first kappa shape index (κ1) is 10.5. The molecular formula is C9H8BrClO2. The predicted molar refractivity (Wildman–Crippen MR) is 55.2 cm³/mol. The Morgan fingerprint density at radius 2 is 2.23 bits per heavy atom. The molecule has 0 saturated heterocycles. The largest absolute Gasteiger partial charge is 0.481 e. The van der Waals surface area contributed by atoms with Gasteiger partial charge in [0.15, 0.2) is 0 Å². The lowest BCUT2D eigenvalue weighted by molar-refractivity contribution is -0.136. The molecule has 0 heterocycles. The van der Waals surface area contributed by atoms with Gasteiger partial charge in [0.2, 0.25) is 0 Å². The molecule has 0 spiro atoms. The molecule has 0 saturated carbocycles. The maximum atomic E-state index is 10.5. The molecule has 70 valence electrons. The lowest BCUT2D eigenvalue weighted by Gasteiger charge is -2.04. The fourth-order valence-electron chi connectivity index (χ4n) is 0.986. The van der Waals surface area contributed by atoms with E-state index in [-0.39, 0.29) is 6.42 Å². The highest BCUT2D eigenvalue weighted by Crippen LogP contribution is 2.25. The van der Waals surface area contributed by atoms with Gasteiger partial charge in [-0.3, -0.25) is 4.79 Å². The Labute approximate surface area is 89.7 Å². The van der Waals surface area contributed by atoms with E-state index in [2.05, 4.69) is 15.9 Å². The molecule has 0 aromatic heterocycles. The minimum Gasteiger partial charge on any atom is -0.481 e. The maximum absolute atomic E-state index is 10.5. The van der Waals surface area contributed by atoms with Crippen LogP contribution < -0.4 is 0 Å². The zero-order valence-electron chi connectivity index (χ0n) is 6.97. The summed E-state index contributed by atoms with van der Waals surface area (Å²) in [5, 5.41) is 9.18. The van der Waals surface area contributed by atoms with Gasteiger partial charge in [-0.25, -0.2) is 0 Å². The van der Waals surface area contributed by atoms with E-state index in [4.69, 9.17) is 16.7 Å². The molecule has 1 aromatic carbocycles. The molecule has 4 heteroatoms. The van der Waals surface area contributed by atoms with Crippen LogP contribution in [0.1, 0.15) is 11.1 Å². The number of carboxylic acid groups (broad SMARTS) is 1. The number of carboxylic acids is 1. The zero-order chi connectivity index (χ0) is 10.0. The van der Waals surface area contributed by atoms with E-state index in [1.165, 1.54) is 0 Å². The highest BCUT2D eigenvalue weighted by atomic mass is 79.9. The first-order valence-corrected chi connectivity index (χ1v) is 4.84. The van der Waals surface area contributed by atoms with Crippen LogP contribution in [-0.2, 0) is 11.2 Å². The Morgan fingerprint density at radius 3 is 2.77 bits per heavy atom. The summed E-state index contributed by atoms with van der Waals surface area (Å²) in [6, 6.07) is 3.50. The molecule has 2 nitrogen and oxygen atoms in total. The molecular weight excluding hydrogens is 255 g/mol. The van der Waals surface area contributed by atoms with Crippen molar-refractivity contribution in [2.45, 2.75) is 13.3 Å². The second kappa shape index (κ2) is 4.11. The van der Waals surface area contributed by atoms with Crippen LogP contribution >= 0.6 is 27.5 Å². The van der Waals surface area contributed by atoms with Gasteiger partial charge in [0.1, 0.15) is 0 Å². The first-order chi connectivity index (χ1) is 6.00. The number of halogens is 2. The Bertz CT molecular complexity index is 350. The minimum absolute atomic E-state index is 0.0133. The van der Waals surface area contributed by atoms with Crippen molar-refractivity contribution in [1.82, 2.24) is 0 Å². The van der Waals surface area contributed by atoms with Crippen LogP contribution in [0.4, 0.5) is 0 Å². The Hall–Kier alpha value is -0.540.